The lowest BCUT2D eigenvalue weighted by Crippen LogP contribution is -2.31. The molecule has 0 aliphatic carbocycles. The number of ether oxygens (including phenoxy) is 4. The predicted molar refractivity (Wildman–Crippen MR) is 84.9 cm³/mol. The van der Waals surface area contributed by atoms with Gasteiger partial charge in [0.05, 0.1) is 27.9 Å². The number of imide groups is 1. The zero-order valence-electron chi connectivity index (χ0n) is 13.8. The smallest absolute Gasteiger partial charge is 0.414 e. The van der Waals surface area contributed by atoms with E-state index in [0.717, 1.165) is 0 Å². The molecule has 24 heavy (non-hydrogen) atoms. The summed E-state index contributed by atoms with van der Waals surface area (Å²) in [4.78, 5) is 23.2. The molecule has 2 amide bonds. The highest BCUT2D eigenvalue weighted by Gasteiger charge is 2.16. The third-order valence-corrected chi connectivity index (χ3v) is 2.85. The Morgan fingerprint density at radius 2 is 1.75 bits per heavy atom. The molecule has 0 spiro atoms. The third-order valence-electron chi connectivity index (χ3n) is 2.85. The minimum Gasteiger partial charge on any atom is -0.493 e. The Kier molecular flexibility index (Phi) is 7.10. The molecular formula is C16H18N2O6. The van der Waals surface area contributed by atoms with Crippen LogP contribution in [0.2, 0.25) is 0 Å². The van der Waals surface area contributed by atoms with Crippen molar-refractivity contribution in [2.24, 2.45) is 0 Å². The zero-order chi connectivity index (χ0) is 18.1. The molecule has 1 rings (SSSR count). The van der Waals surface area contributed by atoms with Crippen molar-refractivity contribution in [3.63, 3.8) is 0 Å². The van der Waals surface area contributed by atoms with Crippen molar-refractivity contribution >= 4 is 18.1 Å². The van der Waals surface area contributed by atoms with E-state index in [1.807, 2.05) is 5.32 Å². The Bertz CT molecular complexity index is 665. The van der Waals surface area contributed by atoms with Gasteiger partial charge in [-0.15, -0.1) is 0 Å². The summed E-state index contributed by atoms with van der Waals surface area (Å²) in [5, 5.41) is 11.1. The van der Waals surface area contributed by atoms with Crippen molar-refractivity contribution in [1.29, 1.82) is 5.26 Å². The Hall–Kier alpha value is -3.21. The van der Waals surface area contributed by atoms with Crippen LogP contribution in [0.4, 0.5) is 4.79 Å². The van der Waals surface area contributed by atoms with Crippen LogP contribution in [-0.4, -0.2) is 39.9 Å². The van der Waals surface area contributed by atoms with Gasteiger partial charge in [0, 0.05) is 0 Å². The van der Waals surface area contributed by atoms with Crippen molar-refractivity contribution < 1.29 is 28.5 Å². The van der Waals surface area contributed by atoms with Gasteiger partial charge in [-0.1, -0.05) is 0 Å². The van der Waals surface area contributed by atoms with E-state index in [1.54, 1.807) is 25.1 Å². The average molecular weight is 334 g/mol. The normalized spacial score (nSPS) is 10.4. The van der Waals surface area contributed by atoms with E-state index in [1.165, 1.54) is 27.4 Å². The van der Waals surface area contributed by atoms with Gasteiger partial charge in [0.15, 0.2) is 11.5 Å². The number of hydrogen-bond donors (Lipinski definition) is 1. The highest BCUT2D eigenvalue weighted by molar-refractivity contribution is 6.08. The van der Waals surface area contributed by atoms with Crippen LogP contribution in [0.1, 0.15) is 12.5 Å². The van der Waals surface area contributed by atoms with E-state index in [9.17, 15) is 9.59 Å². The lowest BCUT2D eigenvalue weighted by molar-refractivity contribution is -0.116. The minimum atomic E-state index is -0.923. The molecule has 0 aliphatic heterocycles. The average Bonchev–Trinajstić information content (AvgIpc) is 2.58. The maximum atomic E-state index is 11.9. The molecule has 128 valence electrons. The summed E-state index contributed by atoms with van der Waals surface area (Å²) in [6.45, 7) is 1.71. The van der Waals surface area contributed by atoms with Crippen LogP contribution < -0.4 is 19.5 Å². The number of nitriles is 1. The summed E-state index contributed by atoms with van der Waals surface area (Å²) in [6.07, 6.45) is 0.368. The largest absolute Gasteiger partial charge is 0.493 e. The molecule has 0 bridgehead atoms. The van der Waals surface area contributed by atoms with Gasteiger partial charge in [-0.2, -0.15) is 5.26 Å². The van der Waals surface area contributed by atoms with Gasteiger partial charge < -0.3 is 18.9 Å². The van der Waals surface area contributed by atoms with Crippen molar-refractivity contribution in [1.82, 2.24) is 5.32 Å². The monoisotopic (exact) mass is 334 g/mol. The summed E-state index contributed by atoms with van der Waals surface area (Å²) in [5.41, 5.74) is 0.178. The molecule has 0 unspecified atom stereocenters. The number of nitrogens with zero attached hydrogens (tertiary/aromatic N) is 1. The van der Waals surface area contributed by atoms with Crippen molar-refractivity contribution in [3.05, 3.63) is 23.3 Å². The Labute approximate surface area is 139 Å². The molecule has 0 heterocycles. The fourth-order valence-electron chi connectivity index (χ4n) is 1.83. The van der Waals surface area contributed by atoms with Crippen LogP contribution >= 0.6 is 0 Å². The molecule has 8 nitrogen and oxygen atoms in total. The quantitative estimate of drug-likeness (QED) is 0.625. The summed E-state index contributed by atoms with van der Waals surface area (Å²) in [5.74, 6) is 0.244. The van der Waals surface area contributed by atoms with Crippen LogP contribution in [0.3, 0.4) is 0 Å². The molecule has 0 saturated heterocycles. The molecule has 1 aromatic carbocycles. The molecule has 0 aliphatic rings. The van der Waals surface area contributed by atoms with Crippen LogP contribution in [0.25, 0.3) is 6.08 Å². The maximum Gasteiger partial charge on any atom is 0.414 e. The van der Waals surface area contributed by atoms with Crippen LogP contribution in [-0.2, 0) is 9.53 Å². The van der Waals surface area contributed by atoms with Crippen molar-refractivity contribution in [2.75, 3.05) is 27.9 Å². The number of rotatable bonds is 6. The van der Waals surface area contributed by atoms with E-state index in [0.29, 0.717) is 22.8 Å². The fraction of sp³-hybridized carbons (Fsp3) is 0.312. The second kappa shape index (κ2) is 9.05. The lowest BCUT2D eigenvalue weighted by atomic mass is 10.1. The number of methoxy groups -OCH3 is 3. The third kappa shape index (κ3) is 4.64. The summed E-state index contributed by atoms with van der Waals surface area (Å²) in [6, 6.07) is 4.86. The van der Waals surface area contributed by atoms with Crippen LogP contribution in [0, 0.1) is 11.3 Å². The van der Waals surface area contributed by atoms with E-state index in [-0.39, 0.29) is 12.2 Å². The zero-order valence-corrected chi connectivity index (χ0v) is 13.8. The predicted octanol–water partition coefficient (Wildman–Crippen LogP) is 1.89. The highest BCUT2D eigenvalue weighted by atomic mass is 16.5. The van der Waals surface area contributed by atoms with Crippen LogP contribution in [0.15, 0.2) is 17.7 Å². The van der Waals surface area contributed by atoms with Gasteiger partial charge in [0.2, 0.25) is 5.75 Å². The SMILES string of the molecule is CCOC(=O)NC(=O)/C(C#N)=C\c1cc(OC)c(OC)c(OC)c1. The highest BCUT2D eigenvalue weighted by Crippen LogP contribution is 2.38. The minimum absolute atomic E-state index is 0.109. The molecular weight excluding hydrogens is 316 g/mol. The summed E-state index contributed by atoms with van der Waals surface area (Å²) < 4.78 is 20.2. The molecule has 8 heteroatoms. The van der Waals surface area contributed by atoms with Gasteiger partial charge in [-0.3, -0.25) is 10.1 Å². The molecule has 0 aromatic heterocycles. The van der Waals surface area contributed by atoms with Gasteiger partial charge in [0.1, 0.15) is 11.6 Å². The first-order valence-electron chi connectivity index (χ1n) is 6.90. The molecule has 0 saturated carbocycles. The number of amides is 2. The second-order valence-corrected chi connectivity index (χ2v) is 4.30. The standard InChI is InChI=1S/C16H18N2O6/c1-5-24-16(20)18-15(19)11(9-17)6-10-7-12(21-2)14(23-4)13(8-10)22-3/h6-8H,5H2,1-4H3,(H,18,19,20)/b11-6-. The number of alkyl carbamates (subject to hydrolysis) is 1. The number of carbonyl (C=O) groups is 2. The topological polar surface area (TPSA) is 107 Å². The molecule has 0 atom stereocenters. The molecule has 0 radical (unpaired) electrons. The Balaban J connectivity index is 3.19. The molecule has 0 fully saturated rings. The van der Waals surface area contributed by atoms with Gasteiger partial charge >= 0.3 is 6.09 Å². The van der Waals surface area contributed by atoms with E-state index >= 15 is 0 Å². The van der Waals surface area contributed by atoms with Crippen LogP contribution in [0.5, 0.6) is 17.2 Å². The number of carbonyl (C=O) groups excluding carboxylic acids is 2. The fourth-order valence-corrected chi connectivity index (χ4v) is 1.83. The first-order chi connectivity index (χ1) is 11.5. The first kappa shape index (κ1) is 18.8. The second-order valence-electron chi connectivity index (χ2n) is 4.30. The Morgan fingerprint density at radius 1 is 1.17 bits per heavy atom. The Morgan fingerprint density at radius 3 is 2.17 bits per heavy atom. The maximum absolute atomic E-state index is 11.9. The summed E-state index contributed by atoms with van der Waals surface area (Å²) >= 11 is 0. The van der Waals surface area contributed by atoms with Gasteiger partial charge in [-0.25, -0.2) is 4.79 Å². The first-order valence-corrected chi connectivity index (χ1v) is 6.90. The van der Waals surface area contributed by atoms with Crippen molar-refractivity contribution in [3.8, 4) is 23.3 Å². The number of hydrogen-bond acceptors (Lipinski definition) is 7. The van der Waals surface area contributed by atoms with Crippen molar-refractivity contribution in [2.45, 2.75) is 6.92 Å². The van der Waals surface area contributed by atoms with E-state index in [2.05, 4.69) is 4.74 Å². The molecule has 1 N–H and O–H groups in total. The van der Waals surface area contributed by atoms with E-state index in [4.69, 9.17) is 19.5 Å². The van der Waals surface area contributed by atoms with Gasteiger partial charge in [-0.05, 0) is 30.7 Å². The van der Waals surface area contributed by atoms with E-state index < -0.39 is 12.0 Å². The van der Waals surface area contributed by atoms with Gasteiger partial charge in [0.25, 0.3) is 5.91 Å². The number of nitrogens with one attached hydrogen (secondary N) is 1. The lowest BCUT2D eigenvalue weighted by Gasteiger charge is -2.13. The molecule has 1 aromatic rings. The summed E-state index contributed by atoms with van der Waals surface area (Å²) in [7, 11) is 4.36. The number of benzene rings is 1.